The van der Waals surface area contributed by atoms with Crippen LogP contribution in [0.4, 0.5) is 5.82 Å². The van der Waals surface area contributed by atoms with Gasteiger partial charge in [-0.3, -0.25) is 4.79 Å². The fourth-order valence-electron chi connectivity index (χ4n) is 2.51. The minimum atomic E-state index is -0.171. The van der Waals surface area contributed by atoms with Gasteiger partial charge in [0.2, 0.25) is 0 Å². The molecule has 0 spiro atoms. The van der Waals surface area contributed by atoms with Crippen molar-refractivity contribution in [1.29, 1.82) is 0 Å². The maximum Gasteiger partial charge on any atom is 0.270 e. The molecule has 3 aromatic rings. The highest BCUT2D eigenvalue weighted by atomic mass is 32.2. The average molecular weight is 406 g/mol. The van der Waals surface area contributed by atoms with Gasteiger partial charge in [0, 0.05) is 18.0 Å². The van der Waals surface area contributed by atoms with Crippen molar-refractivity contribution < 1.29 is 4.79 Å². The van der Waals surface area contributed by atoms with E-state index in [1.165, 1.54) is 11.3 Å². The molecular weight excluding hydrogens is 382 g/mol. The summed E-state index contributed by atoms with van der Waals surface area (Å²) in [5, 5.41) is 14.9. The van der Waals surface area contributed by atoms with Gasteiger partial charge < -0.3 is 10.6 Å². The van der Waals surface area contributed by atoms with E-state index in [-0.39, 0.29) is 11.9 Å². The van der Waals surface area contributed by atoms with Gasteiger partial charge in [-0.15, -0.1) is 11.3 Å². The molecule has 27 heavy (non-hydrogen) atoms. The van der Waals surface area contributed by atoms with Crippen LogP contribution in [-0.2, 0) is 6.54 Å². The molecule has 0 radical (unpaired) electrons. The van der Waals surface area contributed by atoms with Crippen molar-refractivity contribution in [3.63, 3.8) is 0 Å². The lowest BCUT2D eigenvalue weighted by Gasteiger charge is -2.11. The van der Waals surface area contributed by atoms with Crippen LogP contribution in [0.25, 0.3) is 11.0 Å². The molecule has 3 heterocycles. The molecule has 10 heteroatoms. The number of hydrogen-bond donors (Lipinski definition) is 2. The Hall–Kier alpha value is -2.20. The molecule has 0 fully saturated rings. The van der Waals surface area contributed by atoms with Gasteiger partial charge in [-0.2, -0.15) is 5.10 Å². The molecule has 0 bridgehead atoms. The molecule has 3 aromatic heterocycles. The number of carbonyl (C=O) groups excluding carboxylic acids is 1. The third kappa shape index (κ3) is 4.75. The lowest BCUT2D eigenvalue weighted by Crippen LogP contribution is -2.27. The monoisotopic (exact) mass is 405 g/mol. The smallest absolute Gasteiger partial charge is 0.270 e. The first kappa shape index (κ1) is 19.6. The maximum absolute atomic E-state index is 12.1. The summed E-state index contributed by atoms with van der Waals surface area (Å²) in [7, 11) is 0. The highest BCUT2D eigenvalue weighted by Crippen LogP contribution is 2.24. The molecule has 0 saturated heterocycles. The molecular formula is C17H23N7OS2. The van der Waals surface area contributed by atoms with Crippen LogP contribution in [-0.4, -0.2) is 49.0 Å². The van der Waals surface area contributed by atoms with Gasteiger partial charge in [0.05, 0.1) is 23.1 Å². The molecule has 144 valence electrons. The number of nitrogens with zero attached hydrogens (tertiary/aromatic N) is 5. The van der Waals surface area contributed by atoms with Crippen LogP contribution in [0.3, 0.4) is 0 Å². The van der Waals surface area contributed by atoms with E-state index in [2.05, 4.69) is 51.5 Å². The molecule has 0 atom stereocenters. The van der Waals surface area contributed by atoms with Gasteiger partial charge in [-0.25, -0.2) is 19.6 Å². The quantitative estimate of drug-likeness (QED) is 0.439. The second-order valence-electron chi connectivity index (χ2n) is 6.20. The maximum atomic E-state index is 12.1. The molecule has 0 aliphatic rings. The van der Waals surface area contributed by atoms with E-state index in [4.69, 9.17) is 0 Å². The second kappa shape index (κ2) is 8.66. The van der Waals surface area contributed by atoms with Crippen molar-refractivity contribution in [3.05, 3.63) is 22.3 Å². The van der Waals surface area contributed by atoms with Crippen molar-refractivity contribution >= 4 is 45.9 Å². The zero-order valence-electron chi connectivity index (χ0n) is 15.8. The van der Waals surface area contributed by atoms with Gasteiger partial charge in [-0.1, -0.05) is 18.7 Å². The number of anilines is 1. The molecule has 8 nitrogen and oxygen atoms in total. The molecule has 2 N–H and O–H groups in total. The summed E-state index contributed by atoms with van der Waals surface area (Å²) >= 11 is 3.05. The van der Waals surface area contributed by atoms with E-state index >= 15 is 0 Å². The van der Waals surface area contributed by atoms with Gasteiger partial charge in [-0.05, 0) is 26.5 Å². The third-order valence-electron chi connectivity index (χ3n) is 3.64. The summed E-state index contributed by atoms with van der Waals surface area (Å²) in [5.74, 6) is 1.51. The van der Waals surface area contributed by atoms with Gasteiger partial charge in [0.25, 0.3) is 5.91 Å². The molecule has 0 unspecified atom stereocenters. The minimum absolute atomic E-state index is 0.171. The van der Waals surface area contributed by atoms with E-state index in [0.29, 0.717) is 18.8 Å². The van der Waals surface area contributed by atoms with E-state index < -0.39 is 0 Å². The number of hydrogen-bond acceptors (Lipinski definition) is 8. The summed E-state index contributed by atoms with van der Waals surface area (Å²) in [6.07, 6.45) is 1.77. The van der Waals surface area contributed by atoms with E-state index in [1.807, 2.05) is 6.92 Å². The summed E-state index contributed by atoms with van der Waals surface area (Å²) in [4.78, 5) is 25.6. The zero-order valence-corrected chi connectivity index (χ0v) is 17.4. The predicted molar refractivity (Wildman–Crippen MR) is 110 cm³/mol. The Bertz CT molecular complexity index is 935. The van der Waals surface area contributed by atoms with Gasteiger partial charge in [0.1, 0.15) is 11.5 Å². The number of aryl methyl sites for hydroxylation is 1. The number of amides is 1. The Morgan fingerprint density at radius 3 is 2.81 bits per heavy atom. The van der Waals surface area contributed by atoms with Gasteiger partial charge >= 0.3 is 0 Å². The number of carbonyl (C=O) groups is 1. The summed E-state index contributed by atoms with van der Waals surface area (Å²) < 4.78 is 1.80. The van der Waals surface area contributed by atoms with Gasteiger partial charge in [0.15, 0.2) is 10.8 Å². The number of aromatic nitrogens is 5. The van der Waals surface area contributed by atoms with Crippen molar-refractivity contribution in [2.45, 2.75) is 45.4 Å². The number of fused-ring (bicyclic) bond motifs is 1. The fraction of sp³-hybridized carbons (Fsp3) is 0.471. The minimum Gasteiger partial charge on any atom is -0.367 e. The molecule has 1 amide bonds. The van der Waals surface area contributed by atoms with E-state index in [9.17, 15) is 4.79 Å². The number of rotatable bonds is 8. The second-order valence-corrected chi connectivity index (χ2v) is 8.49. The fourth-order valence-corrected chi connectivity index (χ4v) is 3.67. The lowest BCUT2D eigenvalue weighted by molar-refractivity contribution is 0.0947. The Kier molecular flexibility index (Phi) is 6.27. The molecule has 3 rings (SSSR count). The Morgan fingerprint density at radius 1 is 1.33 bits per heavy atom. The van der Waals surface area contributed by atoms with Crippen LogP contribution in [0.15, 0.2) is 16.7 Å². The number of thioether (sulfide) groups is 1. The molecule has 0 aliphatic heterocycles. The van der Waals surface area contributed by atoms with Crippen LogP contribution in [0.5, 0.6) is 0 Å². The zero-order chi connectivity index (χ0) is 19.4. The first-order valence-electron chi connectivity index (χ1n) is 8.81. The van der Waals surface area contributed by atoms with E-state index in [0.717, 1.165) is 32.8 Å². The van der Waals surface area contributed by atoms with Crippen LogP contribution in [0.1, 0.15) is 36.3 Å². The molecule has 0 aliphatic carbocycles. The Balaban J connectivity index is 1.76. The summed E-state index contributed by atoms with van der Waals surface area (Å²) in [6.45, 7) is 9.06. The Morgan fingerprint density at radius 2 is 2.15 bits per heavy atom. The van der Waals surface area contributed by atoms with Crippen molar-refractivity contribution in [2.24, 2.45) is 0 Å². The molecule has 0 aromatic carbocycles. The Labute approximate surface area is 166 Å². The largest absolute Gasteiger partial charge is 0.367 e. The predicted octanol–water partition coefficient (Wildman–Crippen LogP) is 2.95. The number of thiazole rings is 1. The van der Waals surface area contributed by atoms with Crippen molar-refractivity contribution in [3.8, 4) is 0 Å². The van der Waals surface area contributed by atoms with Crippen LogP contribution in [0.2, 0.25) is 0 Å². The average Bonchev–Trinajstić information content (AvgIpc) is 3.21. The first-order chi connectivity index (χ1) is 13.0. The third-order valence-corrected chi connectivity index (χ3v) is 5.14. The van der Waals surface area contributed by atoms with E-state index in [1.54, 1.807) is 28.0 Å². The normalized spacial score (nSPS) is 11.3. The number of nitrogens with one attached hydrogen (secondary N) is 2. The SMILES string of the molecule is CCSc1nc(NC(C)C)c2cnn(CCNC(=O)c3csc(C)n3)c2n1. The highest BCUT2D eigenvalue weighted by Gasteiger charge is 2.14. The summed E-state index contributed by atoms with van der Waals surface area (Å²) in [5.41, 5.74) is 1.22. The highest BCUT2D eigenvalue weighted by molar-refractivity contribution is 7.99. The van der Waals surface area contributed by atoms with Crippen LogP contribution in [0, 0.1) is 6.92 Å². The van der Waals surface area contributed by atoms with Crippen molar-refractivity contribution in [2.75, 3.05) is 17.6 Å². The first-order valence-corrected chi connectivity index (χ1v) is 10.7. The van der Waals surface area contributed by atoms with Crippen LogP contribution < -0.4 is 10.6 Å². The van der Waals surface area contributed by atoms with Crippen LogP contribution >= 0.6 is 23.1 Å². The standard InChI is InChI=1S/C17H23N7OS2/c1-5-26-17-22-14(20-10(2)3)12-8-19-24(15(12)23-17)7-6-18-16(25)13-9-27-11(4)21-13/h8-10H,5-7H2,1-4H3,(H,18,25)(H,20,22,23). The topological polar surface area (TPSA) is 97.6 Å². The molecule has 0 saturated carbocycles. The summed E-state index contributed by atoms with van der Waals surface area (Å²) in [6, 6.07) is 0.256. The lowest BCUT2D eigenvalue weighted by atomic mass is 10.3. The van der Waals surface area contributed by atoms with Crippen molar-refractivity contribution in [1.82, 2.24) is 30.0 Å².